The highest BCUT2D eigenvalue weighted by atomic mass is 16.6. The molecule has 192 valence electrons. The molecule has 10 heteroatoms. The van der Waals surface area contributed by atoms with Crippen LogP contribution in [0.15, 0.2) is 84.9 Å². The third-order valence-corrected chi connectivity index (χ3v) is 5.53. The molecule has 0 heterocycles. The van der Waals surface area contributed by atoms with Crippen LogP contribution in [0.5, 0.6) is 0 Å². The first-order chi connectivity index (χ1) is 17.9. The Balaban J connectivity index is 1.74. The van der Waals surface area contributed by atoms with E-state index in [9.17, 15) is 24.5 Å². The highest BCUT2D eigenvalue weighted by Gasteiger charge is 2.28. The number of nitrogens with two attached hydrogens (primary N) is 1. The standard InChI is InChI=1S/C27H28N4O6/c28-17-25(32)29-23(15-19-7-3-1-4-8-19)26(33)30-24(16-20-9-5-2-6-10-20)27(34)37-18-21-11-13-22(14-12-21)31(35)36/h1-14,23-24H,15-18,28H2,(H,29,32)(H,30,33)/t23-,24-/m0/s1. The number of hydrogen-bond donors (Lipinski definition) is 3. The van der Waals surface area contributed by atoms with Crippen molar-refractivity contribution in [2.24, 2.45) is 5.73 Å². The minimum absolute atomic E-state index is 0.0757. The first-order valence-electron chi connectivity index (χ1n) is 11.6. The van der Waals surface area contributed by atoms with Crippen LogP contribution in [0.1, 0.15) is 16.7 Å². The number of nitrogens with zero attached hydrogens (tertiary/aromatic N) is 1. The molecule has 0 aliphatic heterocycles. The number of non-ortho nitro benzene ring substituents is 1. The van der Waals surface area contributed by atoms with Crippen LogP contribution in [0.2, 0.25) is 0 Å². The molecule has 10 nitrogen and oxygen atoms in total. The fourth-order valence-electron chi connectivity index (χ4n) is 3.60. The molecule has 0 saturated heterocycles. The lowest BCUT2D eigenvalue weighted by molar-refractivity contribution is -0.384. The molecule has 0 saturated carbocycles. The smallest absolute Gasteiger partial charge is 0.329 e. The van der Waals surface area contributed by atoms with Gasteiger partial charge in [0.1, 0.15) is 18.7 Å². The maximum Gasteiger partial charge on any atom is 0.329 e. The van der Waals surface area contributed by atoms with Crippen molar-refractivity contribution in [2.75, 3.05) is 6.54 Å². The molecule has 0 radical (unpaired) electrons. The average molecular weight is 505 g/mol. The van der Waals surface area contributed by atoms with Gasteiger partial charge in [0.05, 0.1) is 11.5 Å². The fraction of sp³-hybridized carbons (Fsp3) is 0.222. The van der Waals surface area contributed by atoms with Crippen LogP contribution in [0.25, 0.3) is 0 Å². The van der Waals surface area contributed by atoms with Crippen molar-refractivity contribution in [1.29, 1.82) is 0 Å². The van der Waals surface area contributed by atoms with E-state index >= 15 is 0 Å². The Labute approximate surface area is 214 Å². The molecule has 3 rings (SSSR count). The largest absolute Gasteiger partial charge is 0.459 e. The van der Waals surface area contributed by atoms with Gasteiger partial charge in [-0.25, -0.2) is 4.79 Å². The molecule has 37 heavy (non-hydrogen) atoms. The lowest BCUT2D eigenvalue weighted by Crippen LogP contribution is -2.54. The van der Waals surface area contributed by atoms with Gasteiger partial charge >= 0.3 is 5.97 Å². The van der Waals surface area contributed by atoms with Crippen LogP contribution in [0.3, 0.4) is 0 Å². The zero-order chi connectivity index (χ0) is 26.6. The number of carbonyl (C=O) groups is 3. The van der Waals surface area contributed by atoms with Gasteiger partial charge in [-0.1, -0.05) is 60.7 Å². The fourth-order valence-corrected chi connectivity index (χ4v) is 3.60. The lowest BCUT2D eigenvalue weighted by atomic mass is 10.0. The molecular formula is C27H28N4O6. The highest BCUT2D eigenvalue weighted by Crippen LogP contribution is 2.14. The van der Waals surface area contributed by atoms with Crippen LogP contribution >= 0.6 is 0 Å². The van der Waals surface area contributed by atoms with Crippen molar-refractivity contribution < 1.29 is 24.0 Å². The van der Waals surface area contributed by atoms with Gasteiger partial charge in [0.2, 0.25) is 11.8 Å². The number of nitrogens with one attached hydrogen (secondary N) is 2. The van der Waals surface area contributed by atoms with Crippen molar-refractivity contribution in [3.63, 3.8) is 0 Å². The summed E-state index contributed by atoms with van der Waals surface area (Å²) in [5.74, 6) is -1.74. The maximum atomic E-state index is 13.2. The van der Waals surface area contributed by atoms with E-state index in [0.29, 0.717) is 5.56 Å². The summed E-state index contributed by atoms with van der Waals surface area (Å²) < 4.78 is 5.43. The number of benzene rings is 3. The third kappa shape index (κ3) is 8.55. The van der Waals surface area contributed by atoms with Gasteiger partial charge in [-0.15, -0.1) is 0 Å². The lowest BCUT2D eigenvalue weighted by Gasteiger charge is -2.23. The summed E-state index contributed by atoms with van der Waals surface area (Å²) in [6.45, 7) is -0.418. The number of amides is 2. The number of ether oxygens (including phenoxy) is 1. The molecule has 0 spiro atoms. The molecule has 0 aromatic heterocycles. The van der Waals surface area contributed by atoms with Crippen molar-refractivity contribution in [1.82, 2.24) is 10.6 Å². The number of carbonyl (C=O) groups excluding carboxylic acids is 3. The first kappa shape index (κ1) is 27.0. The topological polar surface area (TPSA) is 154 Å². The Morgan fingerprint density at radius 3 is 1.84 bits per heavy atom. The summed E-state index contributed by atoms with van der Waals surface area (Å²) in [5.41, 5.74) is 7.53. The van der Waals surface area contributed by atoms with Crippen molar-refractivity contribution in [2.45, 2.75) is 31.5 Å². The van der Waals surface area contributed by atoms with Gasteiger partial charge in [-0.05, 0) is 28.8 Å². The second-order valence-corrected chi connectivity index (χ2v) is 8.30. The molecule has 0 aliphatic rings. The average Bonchev–Trinajstić information content (AvgIpc) is 2.92. The molecule has 3 aromatic carbocycles. The van der Waals surface area contributed by atoms with E-state index in [1.807, 2.05) is 60.7 Å². The number of nitro benzene ring substituents is 1. The van der Waals surface area contributed by atoms with E-state index in [0.717, 1.165) is 11.1 Å². The number of esters is 1. The second kappa shape index (κ2) is 13.5. The predicted octanol–water partition coefficient (Wildman–Crippen LogP) is 2.05. The van der Waals surface area contributed by atoms with Crippen LogP contribution < -0.4 is 16.4 Å². The molecule has 4 N–H and O–H groups in total. The SMILES string of the molecule is NCC(=O)N[C@@H](Cc1ccccc1)C(=O)N[C@@H](Cc1ccccc1)C(=O)OCc1ccc([N+](=O)[O-])cc1. The Morgan fingerprint density at radius 2 is 1.32 bits per heavy atom. The third-order valence-electron chi connectivity index (χ3n) is 5.53. The predicted molar refractivity (Wildman–Crippen MR) is 136 cm³/mol. The van der Waals surface area contributed by atoms with E-state index in [1.54, 1.807) is 0 Å². The molecule has 0 fully saturated rings. The van der Waals surface area contributed by atoms with E-state index in [2.05, 4.69) is 10.6 Å². The molecule has 2 atom stereocenters. The van der Waals surface area contributed by atoms with Gasteiger partial charge < -0.3 is 21.1 Å². The molecule has 0 bridgehead atoms. The van der Waals surface area contributed by atoms with E-state index in [-0.39, 0.29) is 31.7 Å². The highest BCUT2D eigenvalue weighted by molar-refractivity contribution is 5.91. The number of hydrogen-bond acceptors (Lipinski definition) is 7. The summed E-state index contributed by atoms with van der Waals surface area (Å²) in [5, 5.41) is 16.2. The second-order valence-electron chi connectivity index (χ2n) is 8.30. The zero-order valence-corrected chi connectivity index (χ0v) is 20.0. The molecular weight excluding hydrogens is 476 g/mol. The summed E-state index contributed by atoms with van der Waals surface area (Å²) >= 11 is 0. The molecule has 0 aliphatic carbocycles. The van der Waals surface area contributed by atoms with Crippen molar-refractivity contribution in [3.05, 3.63) is 112 Å². The number of nitro groups is 1. The Bertz CT molecular complexity index is 1200. The monoisotopic (exact) mass is 504 g/mol. The van der Waals surface area contributed by atoms with Gasteiger partial charge in [-0.2, -0.15) is 0 Å². The normalized spacial score (nSPS) is 12.1. The summed E-state index contributed by atoms with van der Waals surface area (Å²) in [4.78, 5) is 48.6. The summed E-state index contributed by atoms with van der Waals surface area (Å²) in [6, 6.07) is 21.9. The maximum absolute atomic E-state index is 13.2. The van der Waals surface area contributed by atoms with Gasteiger partial charge in [0.15, 0.2) is 0 Å². The van der Waals surface area contributed by atoms with Crippen molar-refractivity contribution >= 4 is 23.5 Å². The van der Waals surface area contributed by atoms with Gasteiger partial charge in [-0.3, -0.25) is 19.7 Å². The van der Waals surface area contributed by atoms with E-state index in [4.69, 9.17) is 10.5 Å². The van der Waals surface area contributed by atoms with E-state index < -0.39 is 34.8 Å². The summed E-state index contributed by atoms with van der Waals surface area (Å²) in [6.07, 6.45) is 0.364. The molecule has 3 aromatic rings. The van der Waals surface area contributed by atoms with Crippen LogP contribution in [0, 0.1) is 10.1 Å². The first-order valence-corrected chi connectivity index (χ1v) is 11.6. The number of rotatable bonds is 12. The molecule has 0 unspecified atom stereocenters. The van der Waals surface area contributed by atoms with Crippen LogP contribution in [0.4, 0.5) is 5.69 Å². The Kier molecular flexibility index (Phi) is 9.86. The Hall–Kier alpha value is -4.57. The summed E-state index contributed by atoms with van der Waals surface area (Å²) in [7, 11) is 0. The minimum atomic E-state index is -1.04. The Morgan fingerprint density at radius 1 is 0.784 bits per heavy atom. The quantitative estimate of drug-likeness (QED) is 0.194. The van der Waals surface area contributed by atoms with Crippen LogP contribution in [-0.4, -0.2) is 41.3 Å². The molecule has 2 amide bonds. The zero-order valence-electron chi connectivity index (χ0n) is 20.0. The van der Waals surface area contributed by atoms with Crippen LogP contribution in [-0.2, 0) is 38.6 Å². The minimum Gasteiger partial charge on any atom is -0.459 e. The van der Waals surface area contributed by atoms with Gasteiger partial charge in [0.25, 0.3) is 5.69 Å². The van der Waals surface area contributed by atoms with Gasteiger partial charge in [0, 0.05) is 25.0 Å². The van der Waals surface area contributed by atoms with E-state index in [1.165, 1.54) is 24.3 Å². The van der Waals surface area contributed by atoms with Crippen molar-refractivity contribution in [3.8, 4) is 0 Å².